The monoisotopic (exact) mass is 338 g/mol. The zero-order chi connectivity index (χ0) is 18.1. The van der Waals surface area contributed by atoms with Crippen LogP contribution < -0.4 is 5.32 Å². The second-order valence-electron chi connectivity index (χ2n) is 5.65. The average Bonchev–Trinajstić information content (AvgIpc) is 2.54. The second-order valence-corrected chi connectivity index (χ2v) is 5.65. The fourth-order valence-electron chi connectivity index (χ4n) is 2.74. The number of carbonyl (C=O) groups excluding carboxylic acids is 2. The van der Waals surface area contributed by atoms with Crippen LogP contribution in [0.25, 0.3) is 10.4 Å². The standard InChI is InChI=1S/C16H26N4O4/c1-5-12(6-2)24-14-9-11(16(22)23-7-3)8-13(19-20-17)15(14)18-10(4)21/h9,12-15H,5-8H2,1-4H3,(H,18,21)/t13-,14?,15+/m0/s1. The lowest BCUT2D eigenvalue weighted by atomic mass is 9.88. The van der Waals surface area contributed by atoms with Crippen molar-refractivity contribution in [1.29, 1.82) is 0 Å². The predicted octanol–water partition coefficient (Wildman–Crippen LogP) is 2.64. The molecule has 24 heavy (non-hydrogen) atoms. The highest BCUT2D eigenvalue weighted by atomic mass is 16.5. The molecule has 1 N–H and O–H groups in total. The van der Waals surface area contributed by atoms with Gasteiger partial charge in [-0.1, -0.05) is 19.0 Å². The number of azide groups is 1. The Morgan fingerprint density at radius 3 is 2.58 bits per heavy atom. The number of amides is 1. The Balaban J connectivity index is 3.17. The van der Waals surface area contributed by atoms with Gasteiger partial charge in [0.25, 0.3) is 0 Å². The van der Waals surface area contributed by atoms with Crippen LogP contribution in [0.15, 0.2) is 16.8 Å². The summed E-state index contributed by atoms with van der Waals surface area (Å²) in [5.74, 6) is -0.695. The first kappa shape index (κ1) is 20.0. The molecule has 1 amide bonds. The van der Waals surface area contributed by atoms with Crippen molar-refractivity contribution < 1.29 is 19.1 Å². The van der Waals surface area contributed by atoms with Crippen molar-refractivity contribution in [3.63, 3.8) is 0 Å². The van der Waals surface area contributed by atoms with E-state index >= 15 is 0 Å². The third-order valence-corrected chi connectivity index (χ3v) is 3.93. The number of nitrogens with zero attached hydrogens (tertiary/aromatic N) is 3. The molecule has 0 spiro atoms. The summed E-state index contributed by atoms with van der Waals surface area (Å²) in [5, 5.41) is 6.54. The lowest BCUT2D eigenvalue weighted by Crippen LogP contribution is -2.53. The minimum absolute atomic E-state index is 0.0178. The zero-order valence-corrected chi connectivity index (χ0v) is 14.7. The fourth-order valence-corrected chi connectivity index (χ4v) is 2.74. The summed E-state index contributed by atoms with van der Waals surface area (Å²) in [4.78, 5) is 26.5. The predicted molar refractivity (Wildman–Crippen MR) is 89.1 cm³/mol. The Bertz CT molecular complexity index is 524. The molecule has 8 heteroatoms. The minimum atomic E-state index is -0.609. The van der Waals surface area contributed by atoms with E-state index in [2.05, 4.69) is 15.3 Å². The van der Waals surface area contributed by atoms with Crippen molar-refractivity contribution in [3.8, 4) is 0 Å². The van der Waals surface area contributed by atoms with Crippen molar-refractivity contribution in [2.24, 2.45) is 5.11 Å². The van der Waals surface area contributed by atoms with E-state index in [0.717, 1.165) is 12.8 Å². The Morgan fingerprint density at radius 1 is 1.42 bits per heavy atom. The topological polar surface area (TPSA) is 113 Å². The number of hydrogen-bond donors (Lipinski definition) is 1. The number of carbonyl (C=O) groups is 2. The molecule has 0 saturated carbocycles. The molecule has 0 aliphatic heterocycles. The van der Waals surface area contributed by atoms with Crippen LogP contribution in [0.1, 0.15) is 47.0 Å². The molecule has 8 nitrogen and oxygen atoms in total. The van der Waals surface area contributed by atoms with Crippen molar-refractivity contribution in [2.75, 3.05) is 6.61 Å². The van der Waals surface area contributed by atoms with Crippen molar-refractivity contribution in [2.45, 2.75) is 71.2 Å². The maximum atomic E-state index is 12.1. The molecule has 1 unspecified atom stereocenters. The van der Waals surface area contributed by atoms with Gasteiger partial charge in [0.2, 0.25) is 5.91 Å². The lowest BCUT2D eigenvalue weighted by Gasteiger charge is -2.36. The first-order chi connectivity index (χ1) is 11.5. The van der Waals surface area contributed by atoms with Gasteiger partial charge in [-0.25, -0.2) is 4.79 Å². The Labute approximate surface area is 142 Å². The van der Waals surface area contributed by atoms with Crippen molar-refractivity contribution in [1.82, 2.24) is 5.32 Å². The largest absolute Gasteiger partial charge is 0.463 e. The molecule has 1 aliphatic rings. The molecule has 1 rings (SSSR count). The van der Waals surface area contributed by atoms with E-state index in [1.165, 1.54) is 6.92 Å². The van der Waals surface area contributed by atoms with E-state index in [-0.39, 0.29) is 25.0 Å². The number of rotatable bonds is 8. The van der Waals surface area contributed by atoms with Crippen LogP contribution in [0.4, 0.5) is 0 Å². The average molecular weight is 338 g/mol. The molecule has 0 fully saturated rings. The molecule has 134 valence electrons. The normalized spacial score (nSPS) is 23.2. The van der Waals surface area contributed by atoms with Gasteiger partial charge in [0.15, 0.2) is 0 Å². The Hall–Kier alpha value is -2.05. The zero-order valence-electron chi connectivity index (χ0n) is 14.7. The molecular formula is C16H26N4O4. The first-order valence-corrected chi connectivity index (χ1v) is 8.31. The van der Waals surface area contributed by atoms with Gasteiger partial charge in [-0.15, -0.1) is 0 Å². The van der Waals surface area contributed by atoms with E-state index in [9.17, 15) is 9.59 Å². The quantitative estimate of drug-likeness (QED) is 0.317. The van der Waals surface area contributed by atoms with Crippen molar-refractivity contribution >= 4 is 11.9 Å². The van der Waals surface area contributed by atoms with Crippen LogP contribution in [0, 0.1) is 0 Å². The molecular weight excluding hydrogens is 312 g/mol. The molecule has 0 heterocycles. The van der Waals surface area contributed by atoms with E-state index in [4.69, 9.17) is 15.0 Å². The summed E-state index contributed by atoms with van der Waals surface area (Å²) >= 11 is 0. The van der Waals surface area contributed by atoms with Crippen LogP contribution in [0.5, 0.6) is 0 Å². The number of nitrogens with one attached hydrogen (secondary N) is 1. The van der Waals surface area contributed by atoms with Crippen LogP contribution >= 0.6 is 0 Å². The summed E-state index contributed by atoms with van der Waals surface area (Å²) in [7, 11) is 0. The molecule has 3 atom stereocenters. The summed E-state index contributed by atoms with van der Waals surface area (Å²) in [6.07, 6.45) is 2.92. The molecule has 0 bridgehead atoms. The molecule has 0 aromatic rings. The maximum absolute atomic E-state index is 12.1. The number of esters is 1. The van der Waals surface area contributed by atoms with Crippen molar-refractivity contribution in [3.05, 3.63) is 22.1 Å². The smallest absolute Gasteiger partial charge is 0.333 e. The SMILES string of the molecule is CCOC(=O)C1=CC(OC(CC)CC)[C@H](NC(C)=O)[C@@H](N=[N+]=[N-])C1. The highest BCUT2D eigenvalue weighted by molar-refractivity contribution is 5.89. The summed E-state index contributed by atoms with van der Waals surface area (Å²) in [5.41, 5.74) is 9.24. The highest BCUT2D eigenvalue weighted by Gasteiger charge is 2.37. The molecule has 0 aromatic carbocycles. The Kier molecular flexibility index (Phi) is 8.29. The van der Waals surface area contributed by atoms with Crippen LogP contribution in [0.3, 0.4) is 0 Å². The van der Waals surface area contributed by atoms with E-state index in [1.807, 2.05) is 13.8 Å². The third kappa shape index (κ3) is 5.54. The second kappa shape index (κ2) is 9.95. The van der Waals surface area contributed by atoms with E-state index in [1.54, 1.807) is 13.0 Å². The third-order valence-electron chi connectivity index (χ3n) is 3.93. The van der Waals surface area contributed by atoms with Gasteiger partial charge in [0.05, 0.1) is 30.9 Å². The van der Waals surface area contributed by atoms with E-state index in [0.29, 0.717) is 5.57 Å². The van der Waals surface area contributed by atoms with Gasteiger partial charge in [-0.3, -0.25) is 4.79 Å². The van der Waals surface area contributed by atoms with Gasteiger partial charge in [-0.05, 0) is 37.8 Å². The van der Waals surface area contributed by atoms with Gasteiger partial charge >= 0.3 is 5.97 Å². The van der Waals surface area contributed by atoms with Gasteiger partial charge < -0.3 is 14.8 Å². The lowest BCUT2D eigenvalue weighted by molar-refractivity contribution is -0.139. The highest BCUT2D eigenvalue weighted by Crippen LogP contribution is 2.27. The Morgan fingerprint density at radius 2 is 2.08 bits per heavy atom. The molecule has 0 aromatic heterocycles. The first-order valence-electron chi connectivity index (χ1n) is 8.31. The maximum Gasteiger partial charge on any atom is 0.333 e. The van der Waals surface area contributed by atoms with Gasteiger partial charge in [-0.2, -0.15) is 0 Å². The van der Waals surface area contributed by atoms with Crippen LogP contribution in [0.2, 0.25) is 0 Å². The van der Waals surface area contributed by atoms with Gasteiger partial charge in [0.1, 0.15) is 0 Å². The van der Waals surface area contributed by atoms with Gasteiger partial charge in [0, 0.05) is 17.4 Å². The number of ether oxygens (including phenoxy) is 2. The molecule has 0 saturated heterocycles. The van der Waals surface area contributed by atoms with Crippen LogP contribution in [-0.4, -0.2) is 42.8 Å². The van der Waals surface area contributed by atoms with Crippen LogP contribution in [-0.2, 0) is 19.1 Å². The summed E-state index contributed by atoms with van der Waals surface area (Å²) in [6, 6.07) is -1.13. The molecule has 0 radical (unpaired) electrons. The summed E-state index contributed by atoms with van der Waals surface area (Å²) < 4.78 is 11.1. The summed E-state index contributed by atoms with van der Waals surface area (Å²) in [6.45, 7) is 7.39. The minimum Gasteiger partial charge on any atom is -0.463 e. The fraction of sp³-hybridized carbons (Fsp3) is 0.750. The molecule has 1 aliphatic carbocycles. The number of hydrogen-bond acceptors (Lipinski definition) is 5. The van der Waals surface area contributed by atoms with E-state index < -0.39 is 24.2 Å².